The molecule has 5 rings (SSSR count). The summed E-state index contributed by atoms with van der Waals surface area (Å²) in [6, 6.07) is -0.0656. The Kier molecular flexibility index (Phi) is 11.2. The number of methoxy groups -OCH3 is 1. The van der Waals surface area contributed by atoms with Crippen molar-refractivity contribution < 1.29 is 48.2 Å². The highest BCUT2D eigenvalue weighted by Gasteiger charge is 2.64. The molecule has 0 amide bonds. The number of cyclic esters (lactones) is 1. The lowest BCUT2D eigenvalue weighted by molar-refractivity contribution is -0.309. The molecule has 0 unspecified atom stereocenters. The Bertz CT molecular complexity index is 1230. The fraction of sp³-hybridized carbons (Fsp3) is 0.921. The molecule has 0 radical (unpaired) electrons. The van der Waals surface area contributed by atoms with Crippen LogP contribution in [0.3, 0.4) is 0 Å². The molecule has 17 atom stereocenters. The smallest absolute Gasteiger partial charge is 0.311 e. The average molecular weight is 696 g/mol. The van der Waals surface area contributed by atoms with Crippen molar-refractivity contribution in [1.29, 1.82) is 0 Å². The Morgan fingerprint density at radius 1 is 1.02 bits per heavy atom. The molecule has 49 heavy (non-hydrogen) atoms. The molecule has 0 saturated carbocycles. The second-order valence-electron chi connectivity index (χ2n) is 16.9. The van der Waals surface area contributed by atoms with Gasteiger partial charge in [-0.2, -0.15) is 0 Å². The minimum Gasteiger partial charge on any atom is -0.459 e. The first-order valence-electron chi connectivity index (χ1n) is 18.6. The number of likely N-dealkylation sites (N-methyl/N-ethyl adjacent to an activating group) is 1. The minimum atomic E-state index is -0.994. The first-order chi connectivity index (χ1) is 22.7. The van der Waals surface area contributed by atoms with Crippen LogP contribution >= 0.6 is 0 Å². The maximum absolute atomic E-state index is 14.2. The van der Waals surface area contributed by atoms with Gasteiger partial charge < -0.3 is 48.3 Å². The summed E-state index contributed by atoms with van der Waals surface area (Å²) in [5.41, 5.74) is -1.55. The first kappa shape index (κ1) is 39.1. The lowest BCUT2D eigenvalue weighted by Gasteiger charge is -2.49. The number of carbonyl (C=O) groups excluding carboxylic acids is 1. The van der Waals surface area contributed by atoms with Crippen LogP contribution < -0.4 is 0 Å². The van der Waals surface area contributed by atoms with Crippen molar-refractivity contribution in [3.63, 3.8) is 0 Å². The fourth-order valence-electron chi connectivity index (χ4n) is 10.0. The number of hydrogen-bond donors (Lipinski definition) is 2. The molecular weight excluding hydrogens is 630 g/mol. The van der Waals surface area contributed by atoms with E-state index < -0.39 is 71.4 Å². The summed E-state index contributed by atoms with van der Waals surface area (Å²) < 4.78 is 46.1. The van der Waals surface area contributed by atoms with Crippen LogP contribution in [0.15, 0.2) is 11.6 Å². The summed E-state index contributed by atoms with van der Waals surface area (Å²) >= 11 is 0. The molecule has 5 heterocycles. The minimum absolute atomic E-state index is 0.00639. The average Bonchev–Trinajstić information content (AvgIpc) is 3.45. The molecule has 11 heteroatoms. The molecule has 5 aliphatic heterocycles. The number of nitrogens with zero attached hydrogens (tertiary/aromatic N) is 1. The number of esters is 1. The van der Waals surface area contributed by atoms with Gasteiger partial charge in [-0.3, -0.25) is 4.79 Å². The third-order valence-electron chi connectivity index (χ3n) is 12.9. The second-order valence-corrected chi connectivity index (χ2v) is 16.9. The van der Waals surface area contributed by atoms with Gasteiger partial charge in [0.15, 0.2) is 12.1 Å². The van der Waals surface area contributed by atoms with E-state index in [0.717, 1.165) is 12.0 Å². The summed E-state index contributed by atoms with van der Waals surface area (Å²) in [7, 11) is 5.57. The number of rotatable bonds is 7. The van der Waals surface area contributed by atoms with Gasteiger partial charge in [-0.05, 0) is 112 Å². The van der Waals surface area contributed by atoms with Gasteiger partial charge in [-0.25, -0.2) is 0 Å². The van der Waals surface area contributed by atoms with Crippen molar-refractivity contribution in [2.24, 2.45) is 23.7 Å². The van der Waals surface area contributed by atoms with Gasteiger partial charge in [0.2, 0.25) is 0 Å². The van der Waals surface area contributed by atoms with Crippen molar-refractivity contribution >= 4 is 5.97 Å². The van der Waals surface area contributed by atoms with Gasteiger partial charge in [-0.15, -0.1) is 0 Å². The highest BCUT2D eigenvalue weighted by Crippen LogP contribution is 2.58. The number of aliphatic hydroxyl groups is 2. The first-order valence-corrected chi connectivity index (χ1v) is 18.6. The molecule has 5 aliphatic rings. The summed E-state index contributed by atoms with van der Waals surface area (Å²) in [5, 5.41) is 22.7. The van der Waals surface area contributed by atoms with E-state index in [1.165, 1.54) is 0 Å². The van der Waals surface area contributed by atoms with Crippen LogP contribution in [0.2, 0.25) is 0 Å². The van der Waals surface area contributed by atoms with E-state index in [-0.39, 0.29) is 42.3 Å². The third-order valence-corrected chi connectivity index (χ3v) is 12.9. The van der Waals surface area contributed by atoms with Gasteiger partial charge in [0.05, 0.1) is 47.6 Å². The lowest BCUT2D eigenvalue weighted by atomic mass is 9.69. The number of ether oxygens (including phenoxy) is 7. The monoisotopic (exact) mass is 695 g/mol. The third kappa shape index (κ3) is 6.90. The number of aliphatic hydroxyl groups excluding tert-OH is 2. The zero-order chi connectivity index (χ0) is 36.4. The standard InChI is InChI=1S/C38H65NO10/c1-14-29-36(9)18-21(3)38(49-36)20(2)17-35(8,48-38)26(16-28-31(40)27(39(11)12)15-22(4)44-28)23(5)32(24(6)34(42)46-29)47-30-19-37(10,43-13)33(41)25(7)45-30/h18,20,22-33,40-41H,14-17,19H2,1-13H3/t20-,22-,23-,24-,25+,26-,27+,28+,29-,30+,31-,32+,33+,35-,36+,37-,38-/m1/s1. The number of hydrogen-bond acceptors (Lipinski definition) is 11. The van der Waals surface area contributed by atoms with E-state index in [0.29, 0.717) is 19.3 Å². The molecule has 0 aliphatic carbocycles. The lowest BCUT2D eigenvalue weighted by Crippen LogP contribution is -2.58. The molecule has 3 bridgehead atoms. The van der Waals surface area contributed by atoms with Crippen molar-refractivity contribution in [3.8, 4) is 0 Å². The van der Waals surface area contributed by atoms with Crippen molar-refractivity contribution in [2.45, 2.75) is 179 Å². The molecule has 11 nitrogen and oxygen atoms in total. The Morgan fingerprint density at radius 2 is 1.69 bits per heavy atom. The Morgan fingerprint density at radius 3 is 2.31 bits per heavy atom. The van der Waals surface area contributed by atoms with E-state index in [1.807, 2.05) is 41.8 Å². The molecule has 1 spiro atoms. The largest absolute Gasteiger partial charge is 0.459 e. The topological polar surface area (TPSA) is 125 Å². The molecule has 4 saturated heterocycles. The van der Waals surface area contributed by atoms with Crippen molar-refractivity contribution in [3.05, 3.63) is 11.6 Å². The summed E-state index contributed by atoms with van der Waals surface area (Å²) in [6.07, 6.45) is 0.205. The van der Waals surface area contributed by atoms with Crippen LogP contribution in [0.1, 0.15) is 101 Å². The molecule has 0 aromatic heterocycles. The zero-order valence-electron chi connectivity index (χ0n) is 32.2. The van der Waals surface area contributed by atoms with Crippen molar-refractivity contribution in [2.75, 3.05) is 21.2 Å². The predicted molar refractivity (Wildman–Crippen MR) is 184 cm³/mol. The molecule has 282 valence electrons. The van der Waals surface area contributed by atoms with E-state index in [4.69, 9.17) is 33.2 Å². The van der Waals surface area contributed by atoms with Crippen LogP contribution in [-0.2, 0) is 38.0 Å². The van der Waals surface area contributed by atoms with Gasteiger partial charge in [0.25, 0.3) is 0 Å². The normalized spacial score (nSPS) is 52.4. The highest BCUT2D eigenvalue weighted by molar-refractivity contribution is 5.73. The quantitative estimate of drug-likeness (QED) is 0.287. The molecular formula is C38H65NO10. The molecule has 0 aromatic rings. The highest BCUT2D eigenvalue weighted by atomic mass is 16.7. The zero-order valence-corrected chi connectivity index (χ0v) is 32.2. The van der Waals surface area contributed by atoms with Crippen molar-refractivity contribution in [1.82, 2.24) is 4.90 Å². The molecule has 2 N–H and O–H groups in total. The van der Waals surface area contributed by atoms with E-state index in [1.54, 1.807) is 14.0 Å². The summed E-state index contributed by atoms with van der Waals surface area (Å²) in [4.78, 5) is 16.3. The van der Waals surface area contributed by atoms with Crippen LogP contribution in [-0.4, -0.2) is 120 Å². The van der Waals surface area contributed by atoms with Gasteiger partial charge in [-0.1, -0.05) is 20.8 Å². The maximum Gasteiger partial charge on any atom is 0.311 e. The summed E-state index contributed by atoms with van der Waals surface area (Å²) in [6.45, 7) is 20.0. The maximum atomic E-state index is 14.2. The van der Waals surface area contributed by atoms with Gasteiger partial charge in [0, 0.05) is 25.5 Å². The number of fused-ring (bicyclic) bond motifs is 2. The molecule has 4 fully saturated rings. The van der Waals surface area contributed by atoms with Gasteiger partial charge >= 0.3 is 5.97 Å². The fourth-order valence-corrected chi connectivity index (χ4v) is 10.0. The van der Waals surface area contributed by atoms with Crippen LogP contribution in [0.4, 0.5) is 0 Å². The van der Waals surface area contributed by atoms with Crippen LogP contribution in [0.5, 0.6) is 0 Å². The Hall–Kier alpha value is -1.15. The second kappa shape index (κ2) is 14.0. The Labute approximate surface area is 294 Å². The van der Waals surface area contributed by atoms with Crippen LogP contribution in [0, 0.1) is 23.7 Å². The Balaban J connectivity index is 1.60. The SMILES string of the molecule is CC[C@H]1OC(=O)[C@H](C)[C@@H](O[C@H]2C[C@@](C)(OC)[C@@H](O)[C@H](C)O2)[C@H](C)[C@@H](C[C@@H]2O[C@H](C)C[C@H](N(C)C)[C@H]2O)[C@@]2(C)C[C@@H](C)[C@@]3(O2)O[C@@]1(C)C=C3C. The van der Waals surface area contributed by atoms with E-state index in [9.17, 15) is 15.0 Å². The van der Waals surface area contributed by atoms with E-state index >= 15 is 0 Å². The molecule has 0 aromatic carbocycles. The van der Waals surface area contributed by atoms with E-state index in [2.05, 4.69) is 45.6 Å². The number of carbonyl (C=O) groups is 1. The summed E-state index contributed by atoms with van der Waals surface area (Å²) in [5.74, 6) is -2.61. The van der Waals surface area contributed by atoms with Crippen LogP contribution in [0.25, 0.3) is 0 Å². The predicted octanol–water partition coefficient (Wildman–Crippen LogP) is 4.60. The van der Waals surface area contributed by atoms with Gasteiger partial charge in [0.1, 0.15) is 17.8 Å².